The summed E-state index contributed by atoms with van der Waals surface area (Å²) in [6.07, 6.45) is 0. The van der Waals surface area contributed by atoms with E-state index in [4.69, 9.17) is 4.42 Å². The lowest BCUT2D eigenvalue weighted by molar-refractivity contribution is 0.555. The molecule has 0 aliphatic rings. The Morgan fingerprint density at radius 2 is 2.27 bits per heavy atom. The third kappa shape index (κ3) is 1.01. The molecule has 1 heterocycles. The number of nitrogens with zero attached hydrogens (tertiary/aromatic N) is 1. The van der Waals surface area contributed by atoms with Gasteiger partial charge in [0, 0.05) is 11.8 Å². The van der Waals surface area contributed by atoms with Gasteiger partial charge in [0.25, 0.3) is 0 Å². The summed E-state index contributed by atoms with van der Waals surface area (Å²) < 4.78 is 5.31. The van der Waals surface area contributed by atoms with Gasteiger partial charge in [0.15, 0.2) is 11.5 Å². The Kier molecular flexibility index (Phi) is 1.39. The van der Waals surface area contributed by atoms with Crippen molar-refractivity contribution in [3.63, 3.8) is 0 Å². The highest BCUT2D eigenvalue weighted by Crippen LogP contribution is 2.21. The van der Waals surface area contributed by atoms with E-state index in [1.54, 1.807) is 0 Å². The monoisotopic (exact) mass is 165 g/mol. The van der Waals surface area contributed by atoms with Crippen LogP contribution >= 0.6 is 12.6 Å². The van der Waals surface area contributed by atoms with E-state index in [2.05, 4.69) is 17.6 Å². The topological polar surface area (TPSA) is 26.0 Å². The molecule has 0 fully saturated rings. The molecule has 0 radical (unpaired) electrons. The van der Waals surface area contributed by atoms with Crippen molar-refractivity contribution in [3.05, 3.63) is 24.1 Å². The summed E-state index contributed by atoms with van der Waals surface area (Å²) in [5.41, 5.74) is 1.64. The van der Waals surface area contributed by atoms with Crippen LogP contribution in [0.15, 0.2) is 27.5 Å². The fraction of sp³-hybridized carbons (Fsp3) is 0.125. The standard InChI is InChI=1S/C8H7NOS/c1-5-9-6-3-2-4-7(11)8(6)10-5/h2-4,11H,1H3. The minimum Gasteiger partial charge on any atom is -0.440 e. The summed E-state index contributed by atoms with van der Waals surface area (Å²) in [6.45, 7) is 1.83. The first-order valence-corrected chi connectivity index (χ1v) is 3.77. The second kappa shape index (κ2) is 2.27. The third-order valence-corrected chi connectivity index (χ3v) is 1.85. The Hall–Kier alpha value is -0.960. The lowest BCUT2D eigenvalue weighted by Crippen LogP contribution is -1.68. The average Bonchev–Trinajstić information content (AvgIpc) is 2.31. The molecule has 56 valence electrons. The zero-order chi connectivity index (χ0) is 7.84. The van der Waals surface area contributed by atoms with Crippen LogP contribution in [0.3, 0.4) is 0 Å². The van der Waals surface area contributed by atoms with Gasteiger partial charge in [-0.15, -0.1) is 12.6 Å². The number of benzene rings is 1. The molecule has 0 saturated heterocycles. The van der Waals surface area contributed by atoms with E-state index >= 15 is 0 Å². The molecule has 2 nitrogen and oxygen atoms in total. The summed E-state index contributed by atoms with van der Waals surface area (Å²) in [6, 6.07) is 5.70. The van der Waals surface area contributed by atoms with Crippen molar-refractivity contribution in [1.82, 2.24) is 4.98 Å². The Bertz CT molecular complexity index is 394. The highest BCUT2D eigenvalue weighted by atomic mass is 32.1. The molecule has 0 amide bonds. The van der Waals surface area contributed by atoms with Crippen molar-refractivity contribution >= 4 is 23.7 Å². The van der Waals surface area contributed by atoms with Crippen LogP contribution in [-0.4, -0.2) is 4.98 Å². The lowest BCUT2D eigenvalue weighted by atomic mass is 10.3. The SMILES string of the molecule is Cc1nc2cccc(S)c2o1. The Labute approximate surface area is 69.6 Å². The van der Waals surface area contributed by atoms with Gasteiger partial charge in [0.05, 0.1) is 0 Å². The first-order chi connectivity index (χ1) is 5.27. The Morgan fingerprint density at radius 3 is 3.00 bits per heavy atom. The number of hydrogen-bond acceptors (Lipinski definition) is 3. The highest BCUT2D eigenvalue weighted by Gasteiger charge is 2.02. The van der Waals surface area contributed by atoms with Crippen LogP contribution in [-0.2, 0) is 0 Å². The molecule has 3 heteroatoms. The van der Waals surface area contributed by atoms with E-state index in [1.807, 2.05) is 25.1 Å². The second-order valence-corrected chi connectivity index (χ2v) is 2.84. The van der Waals surface area contributed by atoms with Crippen LogP contribution in [0.4, 0.5) is 0 Å². The minimum absolute atomic E-state index is 0.682. The number of aryl methyl sites for hydroxylation is 1. The predicted octanol–water partition coefficient (Wildman–Crippen LogP) is 2.42. The van der Waals surface area contributed by atoms with Crippen LogP contribution in [0.1, 0.15) is 5.89 Å². The van der Waals surface area contributed by atoms with Gasteiger partial charge < -0.3 is 4.42 Å². The molecule has 11 heavy (non-hydrogen) atoms. The first kappa shape index (κ1) is 6.73. The van der Waals surface area contributed by atoms with Crippen molar-refractivity contribution in [2.24, 2.45) is 0 Å². The van der Waals surface area contributed by atoms with Crippen molar-refractivity contribution < 1.29 is 4.42 Å². The Morgan fingerprint density at radius 1 is 1.45 bits per heavy atom. The van der Waals surface area contributed by atoms with Gasteiger partial charge in [-0.05, 0) is 12.1 Å². The normalized spacial score (nSPS) is 10.7. The molecule has 0 atom stereocenters. The van der Waals surface area contributed by atoms with E-state index in [1.165, 1.54) is 0 Å². The maximum atomic E-state index is 5.31. The third-order valence-electron chi connectivity index (χ3n) is 1.50. The largest absolute Gasteiger partial charge is 0.440 e. The molecule has 0 aliphatic carbocycles. The smallest absolute Gasteiger partial charge is 0.192 e. The van der Waals surface area contributed by atoms with Gasteiger partial charge in [-0.2, -0.15) is 0 Å². The number of thiol groups is 1. The number of oxazole rings is 1. The number of aromatic nitrogens is 1. The minimum atomic E-state index is 0.682. The van der Waals surface area contributed by atoms with E-state index in [-0.39, 0.29) is 0 Å². The molecule has 0 unspecified atom stereocenters. The van der Waals surface area contributed by atoms with E-state index in [0.29, 0.717) is 5.89 Å². The molecular formula is C8H7NOS. The molecule has 0 bridgehead atoms. The molecular weight excluding hydrogens is 158 g/mol. The number of fused-ring (bicyclic) bond motifs is 1. The zero-order valence-electron chi connectivity index (χ0n) is 6.03. The summed E-state index contributed by atoms with van der Waals surface area (Å²) in [7, 11) is 0. The van der Waals surface area contributed by atoms with Crippen molar-refractivity contribution in [2.45, 2.75) is 11.8 Å². The fourth-order valence-electron chi connectivity index (χ4n) is 1.05. The predicted molar refractivity (Wildman–Crippen MR) is 46.0 cm³/mol. The second-order valence-electron chi connectivity index (χ2n) is 2.36. The molecule has 2 rings (SSSR count). The molecule has 1 aromatic heterocycles. The van der Waals surface area contributed by atoms with E-state index in [9.17, 15) is 0 Å². The van der Waals surface area contributed by atoms with Crippen molar-refractivity contribution in [2.75, 3.05) is 0 Å². The van der Waals surface area contributed by atoms with Gasteiger partial charge >= 0.3 is 0 Å². The summed E-state index contributed by atoms with van der Waals surface area (Å²) in [5.74, 6) is 0.682. The molecule has 0 saturated carbocycles. The number of para-hydroxylation sites is 1. The lowest BCUT2D eigenvalue weighted by Gasteiger charge is -1.88. The first-order valence-electron chi connectivity index (χ1n) is 3.32. The van der Waals surface area contributed by atoms with Gasteiger partial charge in [0.2, 0.25) is 0 Å². The van der Waals surface area contributed by atoms with Crippen molar-refractivity contribution in [1.29, 1.82) is 0 Å². The fourth-order valence-corrected chi connectivity index (χ4v) is 1.29. The Balaban J connectivity index is 2.90. The summed E-state index contributed by atoms with van der Waals surface area (Å²) in [5, 5.41) is 0. The van der Waals surface area contributed by atoms with Crippen LogP contribution in [0, 0.1) is 6.92 Å². The average molecular weight is 165 g/mol. The quantitative estimate of drug-likeness (QED) is 0.607. The van der Waals surface area contributed by atoms with Crippen LogP contribution in [0.2, 0.25) is 0 Å². The van der Waals surface area contributed by atoms with E-state index < -0.39 is 0 Å². The molecule has 2 aromatic rings. The van der Waals surface area contributed by atoms with Gasteiger partial charge in [-0.25, -0.2) is 4.98 Å². The van der Waals surface area contributed by atoms with Gasteiger partial charge in [0.1, 0.15) is 5.52 Å². The molecule has 0 N–H and O–H groups in total. The van der Waals surface area contributed by atoms with Crippen LogP contribution in [0.25, 0.3) is 11.1 Å². The van der Waals surface area contributed by atoms with Crippen LogP contribution < -0.4 is 0 Å². The number of rotatable bonds is 0. The number of hydrogen-bond donors (Lipinski definition) is 1. The summed E-state index contributed by atoms with van der Waals surface area (Å²) in [4.78, 5) is 4.99. The molecule has 0 aliphatic heterocycles. The van der Waals surface area contributed by atoms with Gasteiger partial charge in [-0.3, -0.25) is 0 Å². The molecule has 1 aromatic carbocycles. The van der Waals surface area contributed by atoms with Crippen molar-refractivity contribution in [3.8, 4) is 0 Å². The van der Waals surface area contributed by atoms with Gasteiger partial charge in [-0.1, -0.05) is 6.07 Å². The van der Waals surface area contributed by atoms with E-state index in [0.717, 1.165) is 16.0 Å². The zero-order valence-corrected chi connectivity index (χ0v) is 6.93. The summed E-state index contributed by atoms with van der Waals surface area (Å²) >= 11 is 4.23. The molecule has 0 spiro atoms. The maximum absolute atomic E-state index is 5.31. The van der Waals surface area contributed by atoms with Crippen LogP contribution in [0.5, 0.6) is 0 Å². The maximum Gasteiger partial charge on any atom is 0.192 e. The highest BCUT2D eigenvalue weighted by molar-refractivity contribution is 7.80.